The van der Waals surface area contributed by atoms with Crippen molar-refractivity contribution in [1.29, 1.82) is 0 Å². The fourth-order valence-electron chi connectivity index (χ4n) is 2.07. The molecule has 3 aromatic rings. The highest BCUT2D eigenvalue weighted by molar-refractivity contribution is 5.79. The standard InChI is InChI=1S/C15H13NO2/c1-10-6-8-18-15(10)14(17)12-5-4-11-3-2-7-16-13(11)9-12/h2-9,14,17H,1H3. The van der Waals surface area contributed by atoms with E-state index in [1.807, 2.05) is 43.3 Å². The SMILES string of the molecule is Cc1ccoc1C(O)c1ccc2cccnc2c1. The number of hydrogen-bond acceptors (Lipinski definition) is 3. The number of aliphatic hydroxyl groups excluding tert-OH is 1. The van der Waals surface area contributed by atoms with Crippen LogP contribution < -0.4 is 0 Å². The molecule has 3 nitrogen and oxygen atoms in total. The van der Waals surface area contributed by atoms with E-state index in [-0.39, 0.29) is 0 Å². The van der Waals surface area contributed by atoms with Crippen LogP contribution in [0.25, 0.3) is 10.9 Å². The van der Waals surface area contributed by atoms with Gasteiger partial charge >= 0.3 is 0 Å². The smallest absolute Gasteiger partial charge is 0.139 e. The van der Waals surface area contributed by atoms with Crippen LogP contribution >= 0.6 is 0 Å². The number of pyridine rings is 1. The van der Waals surface area contributed by atoms with Gasteiger partial charge in [-0.1, -0.05) is 18.2 Å². The van der Waals surface area contributed by atoms with Crippen LogP contribution in [0.4, 0.5) is 0 Å². The van der Waals surface area contributed by atoms with E-state index in [0.29, 0.717) is 5.76 Å². The Morgan fingerprint density at radius 2 is 2.11 bits per heavy atom. The van der Waals surface area contributed by atoms with Crippen LogP contribution in [0.3, 0.4) is 0 Å². The van der Waals surface area contributed by atoms with E-state index < -0.39 is 6.10 Å². The van der Waals surface area contributed by atoms with E-state index in [4.69, 9.17) is 4.42 Å². The number of furan rings is 1. The Kier molecular flexibility index (Phi) is 2.61. The predicted molar refractivity (Wildman–Crippen MR) is 69.2 cm³/mol. The van der Waals surface area contributed by atoms with E-state index >= 15 is 0 Å². The molecule has 1 unspecified atom stereocenters. The summed E-state index contributed by atoms with van der Waals surface area (Å²) in [5.74, 6) is 0.588. The lowest BCUT2D eigenvalue weighted by molar-refractivity contribution is 0.188. The number of benzene rings is 1. The van der Waals surface area contributed by atoms with E-state index in [2.05, 4.69) is 4.98 Å². The highest BCUT2D eigenvalue weighted by Crippen LogP contribution is 2.27. The number of hydrogen-bond donors (Lipinski definition) is 1. The molecule has 0 amide bonds. The van der Waals surface area contributed by atoms with Crippen molar-refractivity contribution in [2.24, 2.45) is 0 Å². The Bertz CT molecular complexity index is 688. The van der Waals surface area contributed by atoms with Crippen LogP contribution in [0.15, 0.2) is 53.3 Å². The molecular formula is C15H13NO2. The average Bonchev–Trinajstić information content (AvgIpc) is 2.83. The van der Waals surface area contributed by atoms with Crippen molar-refractivity contribution in [3.8, 4) is 0 Å². The van der Waals surface area contributed by atoms with Crippen molar-refractivity contribution in [1.82, 2.24) is 4.98 Å². The van der Waals surface area contributed by atoms with Gasteiger partial charge in [-0.2, -0.15) is 0 Å². The summed E-state index contributed by atoms with van der Waals surface area (Å²) in [7, 11) is 0. The van der Waals surface area contributed by atoms with E-state index in [1.165, 1.54) is 0 Å². The van der Waals surface area contributed by atoms with Gasteiger partial charge in [0.05, 0.1) is 11.8 Å². The van der Waals surface area contributed by atoms with Gasteiger partial charge in [0.15, 0.2) is 0 Å². The van der Waals surface area contributed by atoms with E-state index in [0.717, 1.165) is 22.0 Å². The van der Waals surface area contributed by atoms with Crippen LogP contribution in [-0.4, -0.2) is 10.1 Å². The molecule has 0 spiro atoms. The van der Waals surface area contributed by atoms with Crippen molar-refractivity contribution in [2.75, 3.05) is 0 Å². The third-order valence-corrected chi connectivity index (χ3v) is 3.10. The number of aromatic nitrogens is 1. The molecule has 2 aromatic heterocycles. The number of aliphatic hydroxyl groups is 1. The first-order valence-corrected chi connectivity index (χ1v) is 5.82. The van der Waals surface area contributed by atoms with Crippen molar-refractivity contribution in [2.45, 2.75) is 13.0 Å². The van der Waals surface area contributed by atoms with E-state index in [9.17, 15) is 5.11 Å². The molecule has 0 bridgehead atoms. The molecular weight excluding hydrogens is 226 g/mol. The largest absolute Gasteiger partial charge is 0.466 e. The third kappa shape index (κ3) is 1.79. The molecule has 1 aromatic carbocycles. The van der Waals surface area contributed by atoms with Gasteiger partial charge < -0.3 is 9.52 Å². The van der Waals surface area contributed by atoms with Gasteiger partial charge in [-0.15, -0.1) is 0 Å². The zero-order valence-corrected chi connectivity index (χ0v) is 10.00. The highest BCUT2D eigenvalue weighted by atomic mass is 16.4. The minimum Gasteiger partial charge on any atom is -0.466 e. The van der Waals surface area contributed by atoms with Crippen LogP contribution in [-0.2, 0) is 0 Å². The summed E-state index contributed by atoms with van der Waals surface area (Å²) in [4.78, 5) is 4.29. The van der Waals surface area contributed by atoms with Crippen molar-refractivity contribution in [3.63, 3.8) is 0 Å². The lowest BCUT2D eigenvalue weighted by Gasteiger charge is -2.10. The Balaban J connectivity index is 2.07. The second-order valence-electron chi connectivity index (χ2n) is 4.33. The van der Waals surface area contributed by atoms with E-state index in [1.54, 1.807) is 12.5 Å². The molecule has 3 rings (SSSR count). The number of aryl methyl sites for hydroxylation is 1. The van der Waals surface area contributed by atoms with Gasteiger partial charge in [0.25, 0.3) is 0 Å². The molecule has 1 atom stereocenters. The average molecular weight is 239 g/mol. The summed E-state index contributed by atoms with van der Waals surface area (Å²) in [5, 5.41) is 11.4. The van der Waals surface area contributed by atoms with Crippen molar-refractivity contribution >= 4 is 10.9 Å². The summed E-state index contributed by atoms with van der Waals surface area (Å²) in [6.07, 6.45) is 2.59. The minimum atomic E-state index is -0.744. The van der Waals surface area contributed by atoms with Gasteiger partial charge in [0, 0.05) is 11.6 Å². The van der Waals surface area contributed by atoms with Gasteiger partial charge in [-0.05, 0) is 36.2 Å². The zero-order valence-electron chi connectivity index (χ0n) is 10.00. The van der Waals surface area contributed by atoms with Crippen LogP contribution in [0.2, 0.25) is 0 Å². The summed E-state index contributed by atoms with van der Waals surface area (Å²) < 4.78 is 5.32. The molecule has 0 aliphatic heterocycles. The Hall–Kier alpha value is -2.13. The molecule has 1 N–H and O–H groups in total. The summed E-state index contributed by atoms with van der Waals surface area (Å²) in [5.41, 5.74) is 2.61. The number of nitrogens with zero attached hydrogens (tertiary/aromatic N) is 1. The summed E-state index contributed by atoms with van der Waals surface area (Å²) in [6, 6.07) is 11.5. The topological polar surface area (TPSA) is 46.3 Å². The molecule has 2 heterocycles. The van der Waals surface area contributed by atoms with Gasteiger partial charge in [0.1, 0.15) is 11.9 Å². The first-order chi connectivity index (χ1) is 8.75. The lowest BCUT2D eigenvalue weighted by atomic mass is 10.0. The summed E-state index contributed by atoms with van der Waals surface area (Å²) in [6.45, 7) is 1.92. The maximum atomic E-state index is 10.3. The molecule has 0 fully saturated rings. The fourth-order valence-corrected chi connectivity index (χ4v) is 2.07. The second-order valence-corrected chi connectivity index (χ2v) is 4.33. The minimum absolute atomic E-state index is 0.588. The zero-order chi connectivity index (χ0) is 12.5. The first kappa shape index (κ1) is 11.0. The first-order valence-electron chi connectivity index (χ1n) is 5.82. The Labute approximate surface area is 105 Å². The lowest BCUT2D eigenvalue weighted by Crippen LogP contribution is -1.99. The quantitative estimate of drug-likeness (QED) is 0.746. The maximum absolute atomic E-state index is 10.3. The highest BCUT2D eigenvalue weighted by Gasteiger charge is 2.16. The third-order valence-electron chi connectivity index (χ3n) is 3.10. The maximum Gasteiger partial charge on any atom is 0.139 e. The van der Waals surface area contributed by atoms with Gasteiger partial charge in [-0.3, -0.25) is 4.98 Å². The van der Waals surface area contributed by atoms with Crippen LogP contribution in [0.5, 0.6) is 0 Å². The fraction of sp³-hybridized carbons (Fsp3) is 0.133. The molecule has 0 saturated heterocycles. The number of rotatable bonds is 2. The summed E-state index contributed by atoms with van der Waals surface area (Å²) >= 11 is 0. The molecule has 18 heavy (non-hydrogen) atoms. The molecule has 90 valence electrons. The van der Waals surface area contributed by atoms with Crippen LogP contribution in [0, 0.1) is 6.92 Å². The molecule has 0 radical (unpaired) electrons. The molecule has 3 heteroatoms. The van der Waals surface area contributed by atoms with Gasteiger partial charge in [-0.25, -0.2) is 0 Å². The van der Waals surface area contributed by atoms with Crippen molar-refractivity contribution < 1.29 is 9.52 Å². The normalized spacial score (nSPS) is 12.8. The Morgan fingerprint density at radius 1 is 1.22 bits per heavy atom. The molecule has 0 saturated carbocycles. The van der Waals surface area contributed by atoms with Crippen LogP contribution in [0.1, 0.15) is 23.0 Å². The predicted octanol–water partition coefficient (Wildman–Crippen LogP) is 3.22. The van der Waals surface area contributed by atoms with Crippen molar-refractivity contribution in [3.05, 3.63) is 65.7 Å². The second kappa shape index (κ2) is 4.27. The molecule has 0 aliphatic rings. The monoisotopic (exact) mass is 239 g/mol. The number of fused-ring (bicyclic) bond motifs is 1. The molecule has 0 aliphatic carbocycles. The Morgan fingerprint density at radius 3 is 2.89 bits per heavy atom. The van der Waals surface area contributed by atoms with Gasteiger partial charge in [0.2, 0.25) is 0 Å².